The standard InChI is InChI=1S/C8H9NO5S2.Na/c10-7-4-2-1-3-6(7)9-8(11)5-15-16(12,13)14;/h1-4,10H,5H2,(H,9,11)(H,12,13,14);/q;+1/p-1. The Kier molecular flexibility index (Phi) is 7.14. The molecule has 0 aliphatic heterocycles. The molecule has 9 heteroatoms. The predicted molar refractivity (Wildman–Crippen MR) is 58.9 cm³/mol. The van der Waals surface area contributed by atoms with Gasteiger partial charge in [-0.15, -0.1) is 0 Å². The van der Waals surface area contributed by atoms with Crippen LogP contribution in [0.2, 0.25) is 0 Å². The fourth-order valence-electron chi connectivity index (χ4n) is 0.891. The first kappa shape index (κ1) is 16.8. The van der Waals surface area contributed by atoms with Gasteiger partial charge >= 0.3 is 29.6 Å². The first-order valence-electron chi connectivity index (χ1n) is 4.06. The molecule has 0 saturated heterocycles. The van der Waals surface area contributed by atoms with Gasteiger partial charge in [-0.1, -0.05) is 12.1 Å². The minimum Gasteiger partial charge on any atom is -0.739 e. The van der Waals surface area contributed by atoms with E-state index in [0.717, 1.165) is 0 Å². The second-order valence-electron chi connectivity index (χ2n) is 2.74. The Morgan fingerprint density at radius 1 is 1.41 bits per heavy atom. The SMILES string of the molecule is O=C(CSS(=O)(=O)[O-])Nc1ccccc1O.[Na+]. The molecule has 0 heterocycles. The predicted octanol–water partition coefficient (Wildman–Crippen LogP) is -2.47. The number of aromatic hydroxyl groups is 1. The molecule has 1 rings (SSSR count). The van der Waals surface area contributed by atoms with Gasteiger partial charge in [0, 0.05) is 0 Å². The second-order valence-corrected chi connectivity index (χ2v) is 6.01. The van der Waals surface area contributed by atoms with Crippen molar-refractivity contribution in [3.05, 3.63) is 24.3 Å². The summed E-state index contributed by atoms with van der Waals surface area (Å²) in [7, 11) is -4.49. The summed E-state index contributed by atoms with van der Waals surface area (Å²) in [5, 5.41) is 11.6. The molecule has 0 aliphatic rings. The van der Waals surface area contributed by atoms with Crippen LogP contribution in [0, 0.1) is 0 Å². The van der Waals surface area contributed by atoms with Crippen molar-refractivity contribution in [3.63, 3.8) is 0 Å². The molecule has 0 bridgehead atoms. The van der Waals surface area contributed by atoms with Gasteiger partial charge < -0.3 is 15.0 Å². The van der Waals surface area contributed by atoms with Crippen LogP contribution in [0.3, 0.4) is 0 Å². The van der Waals surface area contributed by atoms with Crippen molar-refractivity contribution >= 4 is 31.5 Å². The number of amides is 1. The van der Waals surface area contributed by atoms with Crippen LogP contribution >= 0.6 is 10.8 Å². The monoisotopic (exact) mass is 285 g/mol. The van der Waals surface area contributed by atoms with Gasteiger partial charge in [-0.05, 0) is 22.9 Å². The minimum absolute atomic E-state index is 0. The molecule has 2 N–H and O–H groups in total. The van der Waals surface area contributed by atoms with E-state index in [-0.39, 0.29) is 51.8 Å². The molecular formula is C8H8NNaO5S2. The van der Waals surface area contributed by atoms with Crippen molar-refractivity contribution in [1.82, 2.24) is 0 Å². The number of nitrogens with one attached hydrogen (secondary N) is 1. The zero-order valence-electron chi connectivity index (χ0n) is 8.91. The molecule has 0 atom stereocenters. The zero-order chi connectivity index (χ0) is 12.2. The Hall–Kier alpha value is -0.250. The van der Waals surface area contributed by atoms with E-state index < -0.39 is 20.8 Å². The Labute approximate surface area is 124 Å². The Bertz CT molecular complexity index is 490. The summed E-state index contributed by atoms with van der Waals surface area (Å²) in [6.07, 6.45) is 0. The van der Waals surface area contributed by atoms with Crippen molar-refractivity contribution in [2.45, 2.75) is 0 Å². The van der Waals surface area contributed by atoms with Gasteiger partial charge in [0.25, 0.3) is 0 Å². The van der Waals surface area contributed by atoms with Crippen LogP contribution < -0.4 is 34.9 Å². The molecule has 0 unspecified atom stereocenters. The van der Waals surface area contributed by atoms with Gasteiger partial charge in [0.1, 0.15) is 14.9 Å². The smallest absolute Gasteiger partial charge is 0.739 e. The van der Waals surface area contributed by atoms with E-state index in [1.165, 1.54) is 12.1 Å². The summed E-state index contributed by atoms with van der Waals surface area (Å²) < 4.78 is 30.7. The molecule has 88 valence electrons. The summed E-state index contributed by atoms with van der Waals surface area (Å²) in [4.78, 5) is 11.2. The van der Waals surface area contributed by atoms with Crippen molar-refractivity contribution in [2.24, 2.45) is 0 Å². The maximum absolute atomic E-state index is 11.2. The Morgan fingerprint density at radius 2 is 2.00 bits per heavy atom. The van der Waals surface area contributed by atoms with E-state index in [9.17, 15) is 22.9 Å². The van der Waals surface area contributed by atoms with E-state index in [2.05, 4.69) is 5.32 Å². The van der Waals surface area contributed by atoms with Crippen LogP contribution in [0.4, 0.5) is 5.69 Å². The zero-order valence-corrected chi connectivity index (χ0v) is 12.5. The average molecular weight is 285 g/mol. The first-order valence-corrected chi connectivity index (χ1v) is 6.97. The summed E-state index contributed by atoms with van der Waals surface area (Å²) in [6, 6.07) is 5.98. The number of anilines is 1. The van der Waals surface area contributed by atoms with E-state index in [1.54, 1.807) is 12.1 Å². The molecule has 0 radical (unpaired) electrons. The van der Waals surface area contributed by atoms with Crippen molar-refractivity contribution in [3.8, 4) is 5.75 Å². The summed E-state index contributed by atoms with van der Waals surface area (Å²) in [5.74, 6) is -1.32. The van der Waals surface area contributed by atoms with Crippen LogP contribution in [0.25, 0.3) is 0 Å². The number of phenolic OH excluding ortho intramolecular Hbond substituents is 1. The second kappa shape index (κ2) is 7.24. The molecule has 1 aromatic carbocycles. The molecule has 0 saturated carbocycles. The van der Waals surface area contributed by atoms with Crippen LogP contribution in [0.15, 0.2) is 24.3 Å². The minimum atomic E-state index is -4.48. The maximum atomic E-state index is 11.2. The van der Waals surface area contributed by atoms with E-state index in [1.807, 2.05) is 0 Å². The number of hydrogen-bond acceptors (Lipinski definition) is 6. The van der Waals surface area contributed by atoms with E-state index >= 15 is 0 Å². The van der Waals surface area contributed by atoms with Crippen LogP contribution in [0.1, 0.15) is 0 Å². The van der Waals surface area contributed by atoms with E-state index in [0.29, 0.717) is 0 Å². The number of phenols is 1. The molecule has 1 amide bonds. The van der Waals surface area contributed by atoms with Crippen molar-refractivity contribution in [2.75, 3.05) is 11.1 Å². The van der Waals surface area contributed by atoms with Crippen molar-refractivity contribution < 1.29 is 52.4 Å². The van der Waals surface area contributed by atoms with E-state index in [4.69, 9.17) is 0 Å². The molecule has 17 heavy (non-hydrogen) atoms. The van der Waals surface area contributed by atoms with Gasteiger partial charge in [0.05, 0.1) is 11.4 Å². The summed E-state index contributed by atoms with van der Waals surface area (Å²) in [5.41, 5.74) is 0.163. The van der Waals surface area contributed by atoms with Crippen molar-refractivity contribution in [1.29, 1.82) is 0 Å². The molecule has 0 aromatic heterocycles. The quantitative estimate of drug-likeness (QED) is 0.275. The number of para-hydroxylation sites is 2. The number of carbonyl (C=O) groups is 1. The molecule has 6 nitrogen and oxygen atoms in total. The molecular weight excluding hydrogens is 277 g/mol. The molecule has 0 aliphatic carbocycles. The third-order valence-corrected chi connectivity index (χ3v) is 3.40. The third kappa shape index (κ3) is 6.92. The molecule has 0 spiro atoms. The third-order valence-electron chi connectivity index (χ3n) is 1.51. The van der Waals surface area contributed by atoms with Gasteiger partial charge in [-0.2, -0.15) is 0 Å². The number of rotatable bonds is 4. The van der Waals surface area contributed by atoms with Crippen LogP contribution in [-0.4, -0.2) is 29.7 Å². The number of carbonyl (C=O) groups excluding carboxylic acids is 1. The fraction of sp³-hybridized carbons (Fsp3) is 0.125. The topological polar surface area (TPSA) is 107 Å². The van der Waals surface area contributed by atoms with Crippen LogP contribution in [-0.2, 0) is 13.9 Å². The van der Waals surface area contributed by atoms with Gasteiger partial charge in [-0.3, -0.25) is 4.79 Å². The number of benzene rings is 1. The summed E-state index contributed by atoms with van der Waals surface area (Å²) >= 11 is 0. The Morgan fingerprint density at radius 3 is 2.53 bits per heavy atom. The van der Waals surface area contributed by atoms with Gasteiger partial charge in [0.15, 0.2) is 0 Å². The van der Waals surface area contributed by atoms with Gasteiger partial charge in [-0.25, -0.2) is 8.42 Å². The normalized spacial score (nSPS) is 10.4. The molecule has 0 fully saturated rings. The Balaban J connectivity index is 0.00000256. The largest absolute Gasteiger partial charge is 1.00 e. The first-order chi connectivity index (χ1) is 7.38. The average Bonchev–Trinajstić information content (AvgIpc) is 2.18. The van der Waals surface area contributed by atoms with Gasteiger partial charge in [0.2, 0.25) is 5.91 Å². The summed E-state index contributed by atoms with van der Waals surface area (Å²) in [6.45, 7) is 0. The molecule has 1 aromatic rings. The van der Waals surface area contributed by atoms with Crippen LogP contribution in [0.5, 0.6) is 5.75 Å². The number of hydrogen-bond donors (Lipinski definition) is 2. The fourth-order valence-corrected chi connectivity index (χ4v) is 1.97. The maximum Gasteiger partial charge on any atom is 1.00 e.